The van der Waals surface area contributed by atoms with Crippen molar-refractivity contribution >= 4 is 43.7 Å². The van der Waals surface area contributed by atoms with Crippen LogP contribution in [0.25, 0.3) is 0 Å². The van der Waals surface area contributed by atoms with Gasteiger partial charge >= 0.3 is 43.7 Å². The molecule has 0 aromatic rings. The molecule has 0 radical (unpaired) electrons. The van der Waals surface area contributed by atoms with Gasteiger partial charge in [0, 0.05) is 0 Å². The molecule has 6 N–H and O–H groups in total. The maximum atomic E-state index is 10.8. The summed E-state index contributed by atoms with van der Waals surface area (Å²) in [6.07, 6.45) is -8.20. The molecule has 0 aromatic carbocycles. The summed E-state index contributed by atoms with van der Waals surface area (Å²) >= 11 is 0. The van der Waals surface area contributed by atoms with Gasteiger partial charge in [0.1, 0.15) is 37.1 Å². The van der Waals surface area contributed by atoms with E-state index in [0.717, 1.165) is 6.92 Å². The van der Waals surface area contributed by atoms with Gasteiger partial charge in [-0.1, -0.05) is 0 Å². The molecule has 0 heterocycles. The minimum absolute atomic E-state index is 0. The van der Waals surface area contributed by atoms with Crippen LogP contribution in [0.2, 0.25) is 0 Å². The molecule has 0 aliphatic heterocycles. The Morgan fingerprint density at radius 3 is 1.94 bits per heavy atom. The van der Waals surface area contributed by atoms with Crippen LogP contribution in [0.5, 0.6) is 0 Å². The molecule has 9 heteroatoms. The van der Waals surface area contributed by atoms with Gasteiger partial charge in [-0.3, -0.25) is 0 Å². The Balaban J connectivity index is -0.000000427. The fourth-order valence-corrected chi connectivity index (χ4v) is 0.950. The van der Waals surface area contributed by atoms with Crippen molar-refractivity contribution in [1.82, 2.24) is 0 Å². The zero-order valence-corrected chi connectivity index (χ0v) is 12.2. The van der Waals surface area contributed by atoms with Gasteiger partial charge in [0.25, 0.3) is 0 Å². The van der Waals surface area contributed by atoms with Crippen LogP contribution in [-0.2, 0) is 9.53 Å². The normalized spacial score (nSPS) is 19.1. The smallest absolute Gasteiger partial charge is 1.00 e. The van der Waals surface area contributed by atoms with Crippen molar-refractivity contribution in [2.24, 2.45) is 0 Å². The zero-order valence-electron chi connectivity index (χ0n) is 12.0. The zero-order chi connectivity index (χ0) is 13.6. The first-order valence-electron chi connectivity index (χ1n) is 4.99. The summed E-state index contributed by atoms with van der Waals surface area (Å²) in [5.41, 5.74) is 0. The molecule has 0 spiro atoms. The summed E-state index contributed by atoms with van der Waals surface area (Å²) in [7, 11) is 0. The fraction of sp³-hybridized carbons (Fsp3) is 0.889. The Bertz CT molecular complexity index is 246. The van der Waals surface area contributed by atoms with E-state index in [1.807, 2.05) is 0 Å². The Hall–Kier alpha value is 0.490. The van der Waals surface area contributed by atoms with Crippen LogP contribution >= 0.6 is 0 Å². The van der Waals surface area contributed by atoms with Gasteiger partial charge in [-0.25, -0.2) is 4.79 Å². The van der Waals surface area contributed by atoms with E-state index in [1.54, 1.807) is 0 Å². The third kappa shape index (κ3) is 7.17. The average molecular weight is 296 g/mol. The predicted octanol–water partition coefficient (Wildman–Crippen LogP) is -3.81. The Kier molecular flexibility index (Phi) is 11.9. The predicted molar refractivity (Wildman–Crippen MR) is 61.7 cm³/mol. The van der Waals surface area contributed by atoms with Crippen molar-refractivity contribution in [3.05, 3.63) is 0 Å². The molecule has 0 saturated heterocycles. The number of esters is 1. The third-order valence-electron chi connectivity index (χ3n) is 2.06. The maximum Gasteiger partial charge on any atom is 2.00 e. The maximum absolute atomic E-state index is 10.8. The summed E-state index contributed by atoms with van der Waals surface area (Å²) in [4.78, 5) is 10.8. The summed E-state index contributed by atoms with van der Waals surface area (Å²) < 4.78 is 4.40. The monoisotopic (exact) mass is 296 g/mol. The number of aliphatic hydroxyl groups is 6. The molecule has 0 rings (SSSR count). The molecule has 0 fully saturated rings. The number of carbonyl (C=O) groups excluding carboxylic acids is 1. The van der Waals surface area contributed by atoms with Gasteiger partial charge in [0.15, 0.2) is 0 Å². The SMILES string of the molecule is CC(O)C(=O)OC[C@@H](O)[C@@H](O)[C@H](O)[C@H](O)CO.[Ca+2].[H-].[H-]. The molecular formula is C9H20CaO8. The second kappa shape index (κ2) is 10.3. The summed E-state index contributed by atoms with van der Waals surface area (Å²) in [5, 5.41) is 54.1. The number of ether oxygens (including phenoxy) is 1. The van der Waals surface area contributed by atoms with Crippen molar-refractivity contribution in [1.29, 1.82) is 0 Å². The van der Waals surface area contributed by atoms with E-state index in [4.69, 9.17) is 15.3 Å². The minimum Gasteiger partial charge on any atom is -1.00 e. The minimum atomic E-state index is -1.79. The first-order chi connectivity index (χ1) is 7.81. The average Bonchev–Trinajstić information content (AvgIpc) is 2.32. The van der Waals surface area contributed by atoms with Gasteiger partial charge < -0.3 is 38.2 Å². The van der Waals surface area contributed by atoms with E-state index in [9.17, 15) is 20.1 Å². The van der Waals surface area contributed by atoms with Crippen molar-refractivity contribution in [3.63, 3.8) is 0 Å². The number of hydrogen-bond donors (Lipinski definition) is 6. The molecule has 0 aromatic heterocycles. The van der Waals surface area contributed by atoms with E-state index in [-0.39, 0.29) is 40.6 Å². The van der Waals surface area contributed by atoms with Crippen LogP contribution in [-0.4, -0.2) is 118 Å². The van der Waals surface area contributed by atoms with E-state index in [2.05, 4.69) is 4.74 Å². The van der Waals surface area contributed by atoms with Gasteiger partial charge in [-0.15, -0.1) is 0 Å². The molecular weight excluding hydrogens is 276 g/mol. The number of carbonyl (C=O) groups is 1. The number of aliphatic hydroxyl groups excluding tert-OH is 6. The van der Waals surface area contributed by atoms with E-state index in [0.29, 0.717) is 0 Å². The van der Waals surface area contributed by atoms with Gasteiger partial charge in [-0.05, 0) is 6.92 Å². The first-order valence-corrected chi connectivity index (χ1v) is 4.99. The van der Waals surface area contributed by atoms with E-state index >= 15 is 0 Å². The van der Waals surface area contributed by atoms with Gasteiger partial charge in [0.2, 0.25) is 0 Å². The quantitative estimate of drug-likeness (QED) is 0.207. The van der Waals surface area contributed by atoms with Gasteiger partial charge in [-0.2, -0.15) is 0 Å². The van der Waals surface area contributed by atoms with Crippen LogP contribution in [0, 0.1) is 0 Å². The fourth-order valence-electron chi connectivity index (χ4n) is 0.950. The molecule has 1 unspecified atom stereocenters. The molecule has 0 bridgehead atoms. The first kappa shape index (κ1) is 20.8. The second-order valence-corrected chi connectivity index (χ2v) is 3.60. The van der Waals surface area contributed by atoms with Gasteiger partial charge in [0.05, 0.1) is 6.61 Å². The van der Waals surface area contributed by atoms with Crippen molar-refractivity contribution in [2.45, 2.75) is 37.4 Å². The van der Waals surface area contributed by atoms with Crippen molar-refractivity contribution in [2.75, 3.05) is 13.2 Å². The molecule has 0 amide bonds. The van der Waals surface area contributed by atoms with E-state index < -0.39 is 49.7 Å². The summed E-state index contributed by atoms with van der Waals surface area (Å²) in [6, 6.07) is 0. The second-order valence-electron chi connectivity index (χ2n) is 3.60. The Labute approximate surface area is 137 Å². The topological polar surface area (TPSA) is 148 Å². The molecule has 5 atom stereocenters. The molecule has 18 heavy (non-hydrogen) atoms. The van der Waals surface area contributed by atoms with Crippen molar-refractivity contribution < 1.29 is 43.0 Å². The van der Waals surface area contributed by atoms with Crippen LogP contribution in [0.1, 0.15) is 9.78 Å². The largest absolute Gasteiger partial charge is 2.00 e. The Morgan fingerprint density at radius 1 is 1.11 bits per heavy atom. The molecule has 0 aliphatic rings. The summed E-state index contributed by atoms with van der Waals surface area (Å²) in [5.74, 6) is -0.992. The molecule has 0 aliphatic carbocycles. The summed E-state index contributed by atoms with van der Waals surface area (Å²) in [6.45, 7) is -0.284. The Morgan fingerprint density at radius 2 is 1.56 bits per heavy atom. The standard InChI is InChI=1S/C9H18O8.Ca.2H/c1-4(11)9(16)17-3-6(13)8(15)7(14)5(12)2-10;;;/h4-8,10-15H,2-3H2,1H3;;;/q;+2;2*-1/t4?,5-,6-,7-,8-;;;/m1.../s1. The van der Waals surface area contributed by atoms with Crippen LogP contribution in [0.4, 0.5) is 0 Å². The van der Waals surface area contributed by atoms with Crippen LogP contribution in [0.3, 0.4) is 0 Å². The van der Waals surface area contributed by atoms with Crippen LogP contribution < -0.4 is 0 Å². The third-order valence-corrected chi connectivity index (χ3v) is 2.06. The molecule has 106 valence electrons. The molecule has 8 nitrogen and oxygen atoms in total. The molecule has 0 saturated carbocycles. The van der Waals surface area contributed by atoms with Crippen molar-refractivity contribution in [3.8, 4) is 0 Å². The number of hydrogen-bond acceptors (Lipinski definition) is 8. The van der Waals surface area contributed by atoms with E-state index in [1.165, 1.54) is 0 Å². The van der Waals surface area contributed by atoms with Crippen LogP contribution in [0.15, 0.2) is 0 Å². The number of rotatable bonds is 7.